The normalized spacial score (nSPS) is 26.9. The molecule has 1 N–H and O–H groups in total. The SMILES string of the molecule is CCCC1=C2[C@@H](CC/C(=C/c3cccc(O)c3)CCC)OC[C@@H]2[C@@H]2C(=O)N(CCC)C(=O)[C@@H]2C1. The highest BCUT2D eigenvalue weighted by atomic mass is 16.5. The molecule has 0 spiro atoms. The van der Waals surface area contributed by atoms with Crippen molar-refractivity contribution in [3.63, 3.8) is 0 Å². The lowest BCUT2D eigenvalue weighted by Gasteiger charge is -2.32. The second kappa shape index (κ2) is 10.9. The molecule has 4 atom stereocenters. The van der Waals surface area contributed by atoms with Crippen LogP contribution in [-0.2, 0) is 14.3 Å². The summed E-state index contributed by atoms with van der Waals surface area (Å²) in [6.07, 6.45) is 9.64. The van der Waals surface area contributed by atoms with Gasteiger partial charge in [-0.3, -0.25) is 14.5 Å². The summed E-state index contributed by atoms with van der Waals surface area (Å²) in [6.45, 7) is 7.46. The number of likely N-dealkylation sites (tertiary alicyclic amines) is 1. The van der Waals surface area contributed by atoms with Crippen molar-refractivity contribution in [2.45, 2.75) is 78.2 Å². The van der Waals surface area contributed by atoms with Crippen molar-refractivity contribution < 1.29 is 19.4 Å². The summed E-state index contributed by atoms with van der Waals surface area (Å²) in [6, 6.07) is 7.38. The van der Waals surface area contributed by atoms with E-state index in [1.807, 2.05) is 19.1 Å². The van der Waals surface area contributed by atoms with Gasteiger partial charge in [-0.1, -0.05) is 63.0 Å². The fourth-order valence-corrected chi connectivity index (χ4v) is 6.28. The lowest BCUT2D eigenvalue weighted by molar-refractivity contribution is -0.140. The number of phenols is 1. The molecule has 184 valence electrons. The molecule has 2 amide bonds. The minimum absolute atomic E-state index is 0.0228. The van der Waals surface area contributed by atoms with Crippen LogP contribution in [0.5, 0.6) is 5.75 Å². The number of benzene rings is 1. The highest BCUT2D eigenvalue weighted by Gasteiger charge is 2.56. The highest BCUT2D eigenvalue weighted by Crippen LogP contribution is 2.50. The van der Waals surface area contributed by atoms with Gasteiger partial charge < -0.3 is 9.84 Å². The van der Waals surface area contributed by atoms with E-state index in [1.54, 1.807) is 12.1 Å². The molecule has 2 fully saturated rings. The number of carbonyl (C=O) groups excluding carboxylic acids is 2. The van der Waals surface area contributed by atoms with Crippen LogP contribution < -0.4 is 0 Å². The zero-order valence-electron chi connectivity index (χ0n) is 20.9. The first-order chi connectivity index (χ1) is 16.5. The van der Waals surface area contributed by atoms with Crippen molar-refractivity contribution in [2.24, 2.45) is 17.8 Å². The van der Waals surface area contributed by atoms with Gasteiger partial charge in [0.15, 0.2) is 0 Å². The minimum atomic E-state index is -0.238. The Bertz CT molecular complexity index is 978. The van der Waals surface area contributed by atoms with Crippen LogP contribution >= 0.6 is 0 Å². The lowest BCUT2D eigenvalue weighted by Crippen LogP contribution is -2.34. The first-order valence-electron chi connectivity index (χ1n) is 13.2. The highest BCUT2D eigenvalue weighted by molar-refractivity contribution is 6.05. The maximum absolute atomic E-state index is 13.2. The topological polar surface area (TPSA) is 66.8 Å². The Balaban J connectivity index is 1.55. The predicted octanol–water partition coefficient (Wildman–Crippen LogP) is 5.88. The van der Waals surface area contributed by atoms with E-state index in [9.17, 15) is 14.7 Å². The average molecular weight is 466 g/mol. The van der Waals surface area contributed by atoms with E-state index in [0.29, 0.717) is 13.2 Å². The summed E-state index contributed by atoms with van der Waals surface area (Å²) in [4.78, 5) is 27.8. The molecule has 0 radical (unpaired) electrons. The van der Waals surface area contributed by atoms with Gasteiger partial charge in [0, 0.05) is 12.5 Å². The van der Waals surface area contributed by atoms with Crippen LogP contribution in [0.1, 0.15) is 77.7 Å². The van der Waals surface area contributed by atoms with Gasteiger partial charge in [0.2, 0.25) is 11.8 Å². The second-order valence-electron chi connectivity index (χ2n) is 10.1. The van der Waals surface area contributed by atoms with Gasteiger partial charge in [-0.25, -0.2) is 0 Å². The monoisotopic (exact) mass is 465 g/mol. The molecule has 0 aromatic heterocycles. The number of hydrogen-bond acceptors (Lipinski definition) is 4. The summed E-state index contributed by atoms with van der Waals surface area (Å²) >= 11 is 0. The molecular formula is C29H39NO4. The molecule has 5 nitrogen and oxygen atoms in total. The maximum Gasteiger partial charge on any atom is 0.233 e. The van der Waals surface area contributed by atoms with E-state index in [4.69, 9.17) is 4.74 Å². The Kier molecular flexibility index (Phi) is 7.92. The van der Waals surface area contributed by atoms with Gasteiger partial charge in [0.05, 0.1) is 24.5 Å². The zero-order chi connectivity index (χ0) is 24.2. The second-order valence-corrected chi connectivity index (χ2v) is 10.1. The van der Waals surface area contributed by atoms with Crippen molar-refractivity contribution in [3.8, 4) is 5.75 Å². The molecule has 0 bridgehead atoms. The number of aromatic hydroxyl groups is 1. The number of phenolic OH excluding ortho intramolecular Hbond substituents is 1. The number of rotatable bonds is 10. The van der Waals surface area contributed by atoms with Crippen molar-refractivity contribution in [1.29, 1.82) is 0 Å². The first-order valence-corrected chi connectivity index (χ1v) is 13.2. The molecule has 1 aromatic carbocycles. The number of hydrogen-bond donors (Lipinski definition) is 1. The fraction of sp³-hybridized carbons (Fsp3) is 0.586. The summed E-state index contributed by atoms with van der Waals surface area (Å²) in [5.74, 6) is -0.0451. The molecule has 1 aromatic rings. The maximum atomic E-state index is 13.2. The number of carbonyl (C=O) groups is 2. The van der Waals surface area contributed by atoms with Crippen LogP contribution in [0.25, 0.3) is 6.08 Å². The third kappa shape index (κ3) is 4.86. The summed E-state index contributed by atoms with van der Waals surface area (Å²) in [7, 11) is 0. The smallest absolute Gasteiger partial charge is 0.233 e. The quantitative estimate of drug-likeness (QED) is 0.346. The van der Waals surface area contributed by atoms with E-state index in [-0.39, 0.29) is 41.4 Å². The van der Waals surface area contributed by atoms with Crippen LogP contribution in [0.4, 0.5) is 0 Å². The molecule has 0 saturated carbocycles. The molecule has 4 rings (SSSR count). The van der Waals surface area contributed by atoms with E-state index < -0.39 is 0 Å². The molecule has 34 heavy (non-hydrogen) atoms. The van der Waals surface area contributed by atoms with Crippen molar-refractivity contribution in [1.82, 2.24) is 4.90 Å². The Morgan fingerprint density at radius 1 is 1.09 bits per heavy atom. The summed E-state index contributed by atoms with van der Waals surface area (Å²) in [5, 5.41) is 9.82. The number of fused-ring (bicyclic) bond motifs is 3. The summed E-state index contributed by atoms with van der Waals surface area (Å²) in [5.41, 5.74) is 5.07. The van der Waals surface area contributed by atoms with Crippen molar-refractivity contribution in [3.05, 3.63) is 46.5 Å². The Morgan fingerprint density at radius 3 is 2.62 bits per heavy atom. The number of amides is 2. The summed E-state index contributed by atoms with van der Waals surface area (Å²) < 4.78 is 6.35. The van der Waals surface area contributed by atoms with Crippen molar-refractivity contribution in [2.75, 3.05) is 13.2 Å². The molecule has 2 aliphatic heterocycles. The number of nitrogens with zero attached hydrogens (tertiary/aromatic N) is 1. The Labute approximate surface area is 203 Å². The van der Waals surface area contributed by atoms with Crippen LogP contribution in [-0.4, -0.2) is 41.1 Å². The van der Waals surface area contributed by atoms with Gasteiger partial charge in [0.1, 0.15) is 5.75 Å². The largest absolute Gasteiger partial charge is 0.508 e. The standard InChI is InChI=1S/C29H39NO4/c1-4-8-19(15-20-10-7-11-22(31)16-20)12-13-25-26-21(9-5-2)17-23-27(24(26)18-34-25)29(33)30(14-6-3)28(23)32/h7,10-11,15-16,23-25,27,31H,4-6,8-9,12-14,17-18H2,1-3H3/b19-15+/t23-,24+,25-,27-/m1/s1. The van der Waals surface area contributed by atoms with E-state index in [1.165, 1.54) is 21.6 Å². The predicted molar refractivity (Wildman–Crippen MR) is 134 cm³/mol. The molecular weight excluding hydrogens is 426 g/mol. The minimum Gasteiger partial charge on any atom is -0.508 e. The molecule has 5 heteroatoms. The molecule has 3 aliphatic rings. The third-order valence-electron chi connectivity index (χ3n) is 7.64. The fourth-order valence-electron chi connectivity index (χ4n) is 6.28. The Morgan fingerprint density at radius 2 is 1.91 bits per heavy atom. The Hall–Kier alpha value is -2.40. The third-order valence-corrected chi connectivity index (χ3v) is 7.64. The van der Waals surface area contributed by atoms with Gasteiger partial charge in [-0.2, -0.15) is 0 Å². The average Bonchev–Trinajstić information content (AvgIpc) is 3.33. The van der Waals surface area contributed by atoms with Gasteiger partial charge in [-0.15, -0.1) is 0 Å². The number of ether oxygens (including phenoxy) is 1. The van der Waals surface area contributed by atoms with E-state index >= 15 is 0 Å². The van der Waals surface area contributed by atoms with Gasteiger partial charge in [0.25, 0.3) is 0 Å². The lowest BCUT2D eigenvalue weighted by atomic mass is 9.68. The van der Waals surface area contributed by atoms with Gasteiger partial charge in [-0.05, 0) is 61.8 Å². The van der Waals surface area contributed by atoms with Crippen LogP contribution in [0, 0.1) is 17.8 Å². The van der Waals surface area contributed by atoms with Crippen LogP contribution in [0.15, 0.2) is 41.0 Å². The van der Waals surface area contributed by atoms with E-state index in [0.717, 1.165) is 56.9 Å². The van der Waals surface area contributed by atoms with Gasteiger partial charge >= 0.3 is 0 Å². The van der Waals surface area contributed by atoms with E-state index in [2.05, 4.69) is 19.9 Å². The molecule has 0 unspecified atom stereocenters. The van der Waals surface area contributed by atoms with Crippen LogP contribution in [0.3, 0.4) is 0 Å². The molecule has 2 saturated heterocycles. The number of imide groups is 1. The zero-order valence-corrected chi connectivity index (χ0v) is 20.9. The van der Waals surface area contributed by atoms with Crippen molar-refractivity contribution >= 4 is 17.9 Å². The first kappa shape index (κ1) is 24.7. The number of allylic oxidation sites excluding steroid dienone is 2. The van der Waals surface area contributed by atoms with Crippen LogP contribution in [0.2, 0.25) is 0 Å². The molecule has 1 aliphatic carbocycles. The molecule has 2 heterocycles.